The van der Waals surface area contributed by atoms with Crippen molar-refractivity contribution in [2.75, 3.05) is 0 Å². The Kier molecular flexibility index (Phi) is 1.21. The van der Waals surface area contributed by atoms with Gasteiger partial charge in [-0.2, -0.15) is 0 Å². The first kappa shape index (κ1) is 6.40. The molecule has 0 N–H and O–H groups in total. The van der Waals surface area contributed by atoms with Gasteiger partial charge in [-0.15, -0.1) is 0 Å². The Morgan fingerprint density at radius 2 is 2.45 bits per heavy atom. The Morgan fingerprint density at radius 1 is 1.64 bits per heavy atom. The molecule has 0 fully saturated rings. The van der Waals surface area contributed by atoms with Gasteiger partial charge < -0.3 is 4.81 Å². The fourth-order valence-electron chi connectivity index (χ4n) is 1.27. The largest absolute Gasteiger partial charge is 0.384 e. The van der Waals surface area contributed by atoms with Crippen LogP contribution in [-0.2, 0) is 6.54 Å². The van der Waals surface area contributed by atoms with Crippen molar-refractivity contribution in [3.63, 3.8) is 0 Å². The molecule has 1 aliphatic heterocycles. The standard InChI is InChI=1S/C7H7BN2O/c8-10-4-5-2-1-3-9-6(5)7(10)11/h1-3H,4,8H2. The maximum Gasteiger partial charge on any atom is 0.260 e. The number of carbonyl (C=O) groups is 1. The maximum absolute atomic E-state index is 11.3. The van der Waals surface area contributed by atoms with Crippen LogP contribution in [0.1, 0.15) is 16.1 Å². The van der Waals surface area contributed by atoms with Crippen molar-refractivity contribution in [3.8, 4) is 0 Å². The van der Waals surface area contributed by atoms with Gasteiger partial charge >= 0.3 is 0 Å². The van der Waals surface area contributed by atoms with Gasteiger partial charge in [0.2, 0.25) is 7.98 Å². The molecule has 1 aromatic rings. The number of hydrogen-bond acceptors (Lipinski definition) is 2. The lowest BCUT2D eigenvalue weighted by molar-refractivity contribution is 0.0876. The van der Waals surface area contributed by atoms with Crippen LogP contribution in [0, 0.1) is 0 Å². The predicted molar refractivity (Wildman–Crippen MR) is 42.7 cm³/mol. The molecule has 54 valence electrons. The van der Waals surface area contributed by atoms with Crippen molar-refractivity contribution in [2.24, 2.45) is 0 Å². The summed E-state index contributed by atoms with van der Waals surface area (Å²) in [5.41, 5.74) is 1.63. The first-order valence-corrected chi connectivity index (χ1v) is 3.48. The van der Waals surface area contributed by atoms with Crippen LogP contribution in [0.15, 0.2) is 18.3 Å². The summed E-state index contributed by atoms with van der Waals surface area (Å²) in [4.78, 5) is 16.9. The number of fused-ring (bicyclic) bond motifs is 1. The minimum atomic E-state index is 0.0283. The zero-order chi connectivity index (χ0) is 7.84. The lowest BCUT2D eigenvalue weighted by atomic mass is 10.2. The smallest absolute Gasteiger partial charge is 0.260 e. The van der Waals surface area contributed by atoms with Crippen LogP contribution < -0.4 is 0 Å². The molecule has 0 unspecified atom stereocenters. The molecule has 0 aromatic carbocycles. The third-order valence-corrected chi connectivity index (χ3v) is 1.85. The Hall–Kier alpha value is -1.32. The number of aromatic nitrogens is 1. The van der Waals surface area contributed by atoms with Crippen LogP contribution >= 0.6 is 0 Å². The summed E-state index contributed by atoms with van der Waals surface area (Å²) in [5, 5.41) is 0. The topological polar surface area (TPSA) is 33.2 Å². The summed E-state index contributed by atoms with van der Waals surface area (Å²) in [6.07, 6.45) is 1.65. The van der Waals surface area contributed by atoms with E-state index in [-0.39, 0.29) is 5.91 Å². The average Bonchev–Trinajstić information content (AvgIpc) is 2.30. The maximum atomic E-state index is 11.3. The summed E-state index contributed by atoms with van der Waals surface area (Å²) >= 11 is 0. The second-order valence-corrected chi connectivity index (χ2v) is 2.67. The van der Waals surface area contributed by atoms with Crippen molar-refractivity contribution < 1.29 is 4.79 Å². The van der Waals surface area contributed by atoms with E-state index in [0.717, 1.165) is 5.56 Å². The first-order chi connectivity index (χ1) is 5.29. The van der Waals surface area contributed by atoms with Gasteiger partial charge in [0.1, 0.15) is 5.69 Å². The molecule has 2 heterocycles. The fraction of sp³-hybridized carbons (Fsp3) is 0.143. The van der Waals surface area contributed by atoms with Crippen LogP contribution in [0.2, 0.25) is 0 Å². The molecule has 1 aromatic heterocycles. The highest BCUT2D eigenvalue weighted by molar-refractivity contribution is 6.19. The van der Waals surface area contributed by atoms with E-state index in [0.29, 0.717) is 12.2 Å². The summed E-state index contributed by atoms with van der Waals surface area (Å²) in [5.74, 6) is 0.0283. The van der Waals surface area contributed by atoms with E-state index in [2.05, 4.69) is 4.98 Å². The molecule has 0 saturated carbocycles. The van der Waals surface area contributed by atoms with Gasteiger partial charge in [-0.1, -0.05) is 6.07 Å². The van der Waals surface area contributed by atoms with E-state index in [4.69, 9.17) is 0 Å². The minimum absolute atomic E-state index is 0.0283. The van der Waals surface area contributed by atoms with E-state index in [1.54, 1.807) is 19.0 Å². The second-order valence-electron chi connectivity index (χ2n) is 2.67. The van der Waals surface area contributed by atoms with Crippen LogP contribution in [0.3, 0.4) is 0 Å². The van der Waals surface area contributed by atoms with Gasteiger partial charge in [0, 0.05) is 18.3 Å². The van der Waals surface area contributed by atoms with Crippen molar-refractivity contribution in [1.82, 2.24) is 9.79 Å². The minimum Gasteiger partial charge on any atom is -0.384 e. The second kappa shape index (κ2) is 2.08. The highest BCUT2D eigenvalue weighted by atomic mass is 16.2. The molecule has 1 amide bonds. The molecule has 0 aliphatic carbocycles. The van der Waals surface area contributed by atoms with E-state index >= 15 is 0 Å². The summed E-state index contributed by atoms with van der Waals surface area (Å²) in [6.45, 7) is 0.696. The third-order valence-electron chi connectivity index (χ3n) is 1.85. The highest BCUT2D eigenvalue weighted by Gasteiger charge is 2.24. The molecule has 1 aliphatic rings. The molecular weight excluding hydrogens is 139 g/mol. The lowest BCUT2D eigenvalue weighted by Gasteiger charge is -2.04. The van der Waals surface area contributed by atoms with Crippen LogP contribution in [0.5, 0.6) is 0 Å². The van der Waals surface area contributed by atoms with Crippen molar-refractivity contribution in [1.29, 1.82) is 0 Å². The van der Waals surface area contributed by atoms with E-state index in [1.807, 2.05) is 12.1 Å². The monoisotopic (exact) mass is 146 g/mol. The SMILES string of the molecule is BN1Cc2cccnc2C1=O. The van der Waals surface area contributed by atoms with E-state index in [9.17, 15) is 4.79 Å². The van der Waals surface area contributed by atoms with E-state index in [1.165, 1.54) is 0 Å². The molecule has 0 bridgehead atoms. The van der Waals surface area contributed by atoms with Crippen molar-refractivity contribution >= 4 is 13.9 Å². The predicted octanol–water partition coefficient (Wildman–Crippen LogP) is -0.415. The molecular formula is C7H7BN2O. The summed E-state index contributed by atoms with van der Waals surface area (Å²) in [7, 11) is 1.78. The zero-order valence-corrected chi connectivity index (χ0v) is 6.24. The molecule has 0 atom stereocenters. The van der Waals surface area contributed by atoms with Gasteiger partial charge in [0.15, 0.2) is 0 Å². The number of hydrogen-bond donors (Lipinski definition) is 0. The Bertz CT molecular complexity index is 313. The Balaban J connectivity index is 2.55. The average molecular weight is 146 g/mol. The normalized spacial score (nSPS) is 15.3. The van der Waals surface area contributed by atoms with E-state index < -0.39 is 0 Å². The third kappa shape index (κ3) is 0.825. The van der Waals surface area contributed by atoms with Gasteiger partial charge in [-0.3, -0.25) is 9.78 Å². The molecule has 0 saturated heterocycles. The number of carbonyl (C=O) groups excluding carboxylic acids is 1. The fourth-order valence-corrected chi connectivity index (χ4v) is 1.27. The highest BCUT2D eigenvalue weighted by Crippen LogP contribution is 2.17. The molecule has 4 heteroatoms. The van der Waals surface area contributed by atoms with Gasteiger partial charge in [0.05, 0.1) is 0 Å². The van der Waals surface area contributed by atoms with Gasteiger partial charge in [0.25, 0.3) is 5.91 Å². The Labute approximate surface area is 65.5 Å². The molecule has 3 nitrogen and oxygen atoms in total. The van der Waals surface area contributed by atoms with Gasteiger partial charge in [-0.25, -0.2) is 0 Å². The quantitative estimate of drug-likeness (QED) is 0.466. The molecule has 0 spiro atoms. The van der Waals surface area contributed by atoms with Crippen LogP contribution in [0.4, 0.5) is 0 Å². The number of amides is 1. The van der Waals surface area contributed by atoms with Crippen molar-refractivity contribution in [2.45, 2.75) is 6.54 Å². The van der Waals surface area contributed by atoms with Crippen LogP contribution in [-0.4, -0.2) is 23.7 Å². The van der Waals surface area contributed by atoms with Crippen LogP contribution in [0.25, 0.3) is 0 Å². The Morgan fingerprint density at radius 3 is 3.18 bits per heavy atom. The summed E-state index contributed by atoms with van der Waals surface area (Å²) < 4.78 is 0. The van der Waals surface area contributed by atoms with Gasteiger partial charge in [-0.05, 0) is 6.07 Å². The molecule has 11 heavy (non-hydrogen) atoms. The first-order valence-electron chi connectivity index (χ1n) is 3.48. The number of nitrogens with zero attached hydrogens (tertiary/aromatic N) is 2. The molecule has 2 rings (SSSR count). The lowest BCUT2D eigenvalue weighted by Crippen LogP contribution is -2.19. The van der Waals surface area contributed by atoms with Crippen molar-refractivity contribution in [3.05, 3.63) is 29.6 Å². The zero-order valence-electron chi connectivity index (χ0n) is 6.24. The number of rotatable bonds is 0. The number of pyridine rings is 1. The molecule has 0 radical (unpaired) electrons. The summed E-state index contributed by atoms with van der Waals surface area (Å²) in [6, 6.07) is 3.79.